The molecule has 3 rings (SSSR count). The van der Waals surface area contributed by atoms with Gasteiger partial charge in [-0.1, -0.05) is 35.1 Å². The number of benzene rings is 1. The summed E-state index contributed by atoms with van der Waals surface area (Å²) < 4.78 is 5.13. The molecule has 1 saturated heterocycles. The maximum absolute atomic E-state index is 12.2. The van der Waals surface area contributed by atoms with Crippen molar-refractivity contribution in [3.63, 3.8) is 0 Å². The smallest absolute Gasteiger partial charge is 0.273 e. The van der Waals surface area contributed by atoms with Crippen LogP contribution in [0.25, 0.3) is 0 Å². The number of carbonyl (C=O) groups excluding carboxylic acids is 1. The Morgan fingerprint density at radius 3 is 2.68 bits per heavy atom. The Bertz CT molecular complexity index is 716. The number of anilines is 1. The SMILES string of the molecule is COc1ncc(CN2CCN(CC(=O)Nc3ccccc3Cl)CC2)s1. The summed E-state index contributed by atoms with van der Waals surface area (Å²) in [6, 6.07) is 7.27. The Labute approximate surface area is 156 Å². The summed E-state index contributed by atoms with van der Waals surface area (Å²) in [5, 5.41) is 4.13. The zero-order chi connectivity index (χ0) is 17.6. The number of methoxy groups -OCH3 is 1. The number of halogens is 1. The highest BCUT2D eigenvalue weighted by Crippen LogP contribution is 2.22. The van der Waals surface area contributed by atoms with Crippen LogP contribution in [0.15, 0.2) is 30.5 Å². The molecule has 1 N–H and O–H groups in total. The van der Waals surface area contributed by atoms with E-state index in [-0.39, 0.29) is 5.91 Å². The Balaban J connectivity index is 1.43. The van der Waals surface area contributed by atoms with Crippen LogP contribution in [0.4, 0.5) is 5.69 Å². The number of amides is 1. The number of thiazole rings is 1. The molecule has 1 amide bonds. The zero-order valence-electron chi connectivity index (χ0n) is 14.1. The third-order valence-electron chi connectivity index (χ3n) is 4.07. The molecule has 0 bridgehead atoms. The average Bonchev–Trinajstić information content (AvgIpc) is 3.06. The number of para-hydroxylation sites is 1. The fourth-order valence-electron chi connectivity index (χ4n) is 2.74. The quantitative estimate of drug-likeness (QED) is 0.834. The second-order valence-electron chi connectivity index (χ2n) is 5.88. The van der Waals surface area contributed by atoms with Gasteiger partial charge in [-0.15, -0.1) is 0 Å². The molecular formula is C17H21ClN4O2S. The summed E-state index contributed by atoms with van der Waals surface area (Å²) in [5.41, 5.74) is 0.659. The summed E-state index contributed by atoms with van der Waals surface area (Å²) in [4.78, 5) is 22.1. The van der Waals surface area contributed by atoms with Crippen molar-refractivity contribution < 1.29 is 9.53 Å². The molecule has 2 aromatic rings. The van der Waals surface area contributed by atoms with E-state index in [1.807, 2.05) is 24.4 Å². The molecule has 0 aliphatic carbocycles. The second-order valence-corrected chi connectivity index (χ2v) is 7.36. The third kappa shape index (κ3) is 5.15. The molecule has 134 valence electrons. The second kappa shape index (κ2) is 8.62. The highest BCUT2D eigenvalue weighted by Gasteiger charge is 2.20. The fraction of sp³-hybridized carbons (Fsp3) is 0.412. The maximum atomic E-state index is 12.2. The van der Waals surface area contributed by atoms with Crippen molar-refractivity contribution in [2.75, 3.05) is 45.2 Å². The van der Waals surface area contributed by atoms with Gasteiger partial charge in [0.2, 0.25) is 5.91 Å². The lowest BCUT2D eigenvalue weighted by Gasteiger charge is -2.33. The first-order valence-corrected chi connectivity index (χ1v) is 9.31. The lowest BCUT2D eigenvalue weighted by molar-refractivity contribution is -0.117. The van der Waals surface area contributed by atoms with Gasteiger partial charge >= 0.3 is 0 Å². The largest absolute Gasteiger partial charge is 0.473 e. The minimum Gasteiger partial charge on any atom is -0.473 e. The highest BCUT2D eigenvalue weighted by atomic mass is 35.5. The van der Waals surface area contributed by atoms with Crippen LogP contribution < -0.4 is 10.1 Å². The van der Waals surface area contributed by atoms with Crippen LogP contribution in [-0.4, -0.2) is 60.5 Å². The van der Waals surface area contributed by atoms with E-state index in [1.165, 1.54) is 4.88 Å². The Hall–Kier alpha value is -1.67. The molecule has 0 unspecified atom stereocenters. The highest BCUT2D eigenvalue weighted by molar-refractivity contribution is 7.13. The normalized spacial score (nSPS) is 15.9. The average molecular weight is 381 g/mol. The first-order chi connectivity index (χ1) is 12.1. The Morgan fingerprint density at radius 2 is 2.00 bits per heavy atom. The number of aromatic nitrogens is 1. The summed E-state index contributed by atoms with van der Waals surface area (Å²) in [7, 11) is 1.63. The van der Waals surface area contributed by atoms with Crippen molar-refractivity contribution in [2.24, 2.45) is 0 Å². The number of hydrogen-bond donors (Lipinski definition) is 1. The molecule has 0 saturated carbocycles. The van der Waals surface area contributed by atoms with E-state index >= 15 is 0 Å². The first kappa shape index (κ1) is 18.1. The minimum absolute atomic E-state index is 0.0336. The van der Waals surface area contributed by atoms with Crippen molar-refractivity contribution in [3.8, 4) is 5.19 Å². The molecular weight excluding hydrogens is 360 g/mol. The van der Waals surface area contributed by atoms with Crippen LogP contribution >= 0.6 is 22.9 Å². The number of ether oxygens (including phenoxy) is 1. The maximum Gasteiger partial charge on any atom is 0.273 e. The van der Waals surface area contributed by atoms with Gasteiger partial charge in [-0.25, -0.2) is 4.98 Å². The van der Waals surface area contributed by atoms with Crippen LogP contribution in [0, 0.1) is 0 Å². The molecule has 1 aliphatic heterocycles. The van der Waals surface area contributed by atoms with Crippen molar-refractivity contribution in [2.45, 2.75) is 6.54 Å². The lowest BCUT2D eigenvalue weighted by atomic mass is 10.3. The van der Waals surface area contributed by atoms with E-state index in [0.717, 1.165) is 32.7 Å². The predicted molar refractivity (Wildman–Crippen MR) is 100 cm³/mol. The Kier molecular flexibility index (Phi) is 6.25. The van der Waals surface area contributed by atoms with E-state index in [4.69, 9.17) is 16.3 Å². The van der Waals surface area contributed by atoms with E-state index in [0.29, 0.717) is 22.4 Å². The molecule has 25 heavy (non-hydrogen) atoms. The minimum atomic E-state index is -0.0336. The van der Waals surface area contributed by atoms with Crippen LogP contribution in [0.2, 0.25) is 5.02 Å². The molecule has 0 atom stereocenters. The molecule has 2 heterocycles. The fourth-order valence-corrected chi connectivity index (χ4v) is 3.69. The standard InChI is InChI=1S/C17H21ClN4O2S/c1-24-17-19-10-13(25-17)11-21-6-8-22(9-7-21)12-16(23)20-15-5-3-2-4-14(15)18/h2-5,10H,6-9,11-12H2,1H3,(H,20,23). The molecule has 1 aromatic carbocycles. The topological polar surface area (TPSA) is 57.7 Å². The number of rotatable bonds is 6. The van der Waals surface area contributed by atoms with Gasteiger partial charge in [-0.2, -0.15) is 0 Å². The number of hydrogen-bond acceptors (Lipinski definition) is 6. The van der Waals surface area contributed by atoms with Crippen molar-refractivity contribution >= 4 is 34.5 Å². The van der Waals surface area contributed by atoms with Gasteiger partial charge in [0.05, 0.1) is 24.4 Å². The number of nitrogens with one attached hydrogen (secondary N) is 1. The monoisotopic (exact) mass is 380 g/mol. The molecule has 1 aliphatic rings. The van der Waals surface area contributed by atoms with Gasteiger partial charge in [0.15, 0.2) is 0 Å². The van der Waals surface area contributed by atoms with E-state index in [2.05, 4.69) is 20.1 Å². The molecule has 1 fully saturated rings. The third-order valence-corrected chi connectivity index (χ3v) is 5.34. The molecule has 0 spiro atoms. The van der Waals surface area contributed by atoms with Crippen molar-refractivity contribution in [1.29, 1.82) is 0 Å². The first-order valence-electron chi connectivity index (χ1n) is 8.12. The molecule has 8 heteroatoms. The summed E-state index contributed by atoms with van der Waals surface area (Å²) in [6.07, 6.45) is 1.87. The molecule has 0 radical (unpaired) electrons. The van der Waals surface area contributed by atoms with Crippen LogP contribution in [0.5, 0.6) is 5.19 Å². The Morgan fingerprint density at radius 1 is 1.28 bits per heavy atom. The summed E-state index contributed by atoms with van der Waals surface area (Å²) in [6.45, 7) is 4.85. The van der Waals surface area contributed by atoms with Gasteiger partial charge in [0.1, 0.15) is 0 Å². The predicted octanol–water partition coefficient (Wildman–Crippen LogP) is 2.56. The van der Waals surface area contributed by atoms with E-state index in [9.17, 15) is 4.79 Å². The van der Waals surface area contributed by atoms with E-state index < -0.39 is 0 Å². The number of nitrogens with zero attached hydrogens (tertiary/aromatic N) is 3. The summed E-state index contributed by atoms with van der Waals surface area (Å²) in [5.74, 6) is -0.0336. The van der Waals surface area contributed by atoms with Crippen molar-refractivity contribution in [3.05, 3.63) is 40.4 Å². The lowest BCUT2D eigenvalue weighted by Crippen LogP contribution is -2.48. The van der Waals surface area contributed by atoms with E-state index in [1.54, 1.807) is 24.5 Å². The van der Waals surface area contributed by atoms with Gasteiger partial charge in [0.25, 0.3) is 5.19 Å². The number of carbonyl (C=O) groups is 1. The van der Waals surface area contributed by atoms with Gasteiger partial charge in [-0.3, -0.25) is 14.6 Å². The van der Waals surface area contributed by atoms with Gasteiger partial charge in [-0.05, 0) is 12.1 Å². The summed E-state index contributed by atoms with van der Waals surface area (Å²) >= 11 is 7.65. The van der Waals surface area contributed by atoms with Gasteiger partial charge < -0.3 is 10.1 Å². The van der Waals surface area contributed by atoms with Crippen LogP contribution in [0.3, 0.4) is 0 Å². The van der Waals surface area contributed by atoms with Crippen LogP contribution in [-0.2, 0) is 11.3 Å². The zero-order valence-corrected chi connectivity index (χ0v) is 15.6. The van der Waals surface area contributed by atoms with Gasteiger partial charge in [0, 0.05) is 43.8 Å². The molecule has 1 aromatic heterocycles. The number of piperazine rings is 1. The molecule has 6 nitrogen and oxygen atoms in total. The van der Waals surface area contributed by atoms with Crippen molar-refractivity contribution in [1.82, 2.24) is 14.8 Å². The van der Waals surface area contributed by atoms with Crippen LogP contribution in [0.1, 0.15) is 4.88 Å².